The Kier molecular flexibility index (Phi) is 19.1. The fourth-order valence-electron chi connectivity index (χ4n) is 3.28. The van der Waals surface area contributed by atoms with Crippen LogP contribution < -0.4 is 4.72 Å². The van der Waals surface area contributed by atoms with E-state index in [4.69, 9.17) is 0 Å². The molecule has 0 radical (unpaired) electrons. The van der Waals surface area contributed by atoms with Crippen molar-refractivity contribution in [1.29, 1.82) is 0 Å². The molecule has 0 spiro atoms. The molecule has 0 amide bonds. The van der Waals surface area contributed by atoms with Crippen LogP contribution in [0, 0.1) is 0 Å². The Morgan fingerprint density at radius 2 is 1.00 bits per heavy atom. The second-order valence-electron chi connectivity index (χ2n) is 8.32. The normalized spacial score (nSPS) is 12.1. The number of hydrogen-bond acceptors (Lipinski definition) is 3. The highest BCUT2D eigenvalue weighted by molar-refractivity contribution is 7.89. The van der Waals surface area contributed by atoms with Crippen LogP contribution in [0.25, 0.3) is 0 Å². The van der Waals surface area contributed by atoms with E-state index in [1.807, 2.05) is 19.0 Å². The third kappa shape index (κ3) is 22.0. The van der Waals surface area contributed by atoms with Crippen molar-refractivity contribution in [2.45, 2.75) is 110 Å². The summed E-state index contributed by atoms with van der Waals surface area (Å²) in [4.78, 5) is 1.90. The predicted molar refractivity (Wildman–Crippen MR) is 120 cm³/mol. The lowest BCUT2D eigenvalue weighted by Gasteiger charge is -2.10. The van der Waals surface area contributed by atoms with E-state index in [-0.39, 0.29) is 5.75 Å². The molecule has 0 aromatic heterocycles. The highest BCUT2D eigenvalue weighted by atomic mass is 32.2. The molecular formula is C22H48N2O2S. The number of nitrogens with zero attached hydrogens (tertiary/aromatic N) is 1. The third-order valence-corrected chi connectivity index (χ3v) is 6.52. The first-order chi connectivity index (χ1) is 13.0. The summed E-state index contributed by atoms with van der Waals surface area (Å²) in [5.41, 5.74) is 0. The minimum atomic E-state index is -3.09. The molecule has 0 aromatic rings. The van der Waals surface area contributed by atoms with Crippen LogP contribution in [0.3, 0.4) is 0 Å². The summed E-state index contributed by atoms with van der Waals surface area (Å²) in [6.45, 7) is 3.45. The predicted octanol–water partition coefficient (Wildman–Crippen LogP) is 5.73. The van der Waals surface area contributed by atoms with Crippen molar-refractivity contribution in [3.63, 3.8) is 0 Å². The van der Waals surface area contributed by atoms with Crippen LogP contribution in [0.1, 0.15) is 110 Å². The van der Waals surface area contributed by atoms with E-state index < -0.39 is 10.0 Å². The zero-order chi connectivity index (χ0) is 20.2. The van der Waals surface area contributed by atoms with Crippen molar-refractivity contribution in [3.05, 3.63) is 0 Å². The van der Waals surface area contributed by atoms with Crippen molar-refractivity contribution < 1.29 is 8.42 Å². The molecule has 0 atom stereocenters. The fraction of sp³-hybridized carbons (Fsp3) is 1.00. The summed E-state index contributed by atoms with van der Waals surface area (Å²) in [5, 5.41) is 0. The van der Waals surface area contributed by atoms with Crippen LogP contribution in [-0.2, 0) is 10.0 Å². The summed E-state index contributed by atoms with van der Waals surface area (Å²) in [7, 11) is 0.699. The minimum absolute atomic E-state index is 0.193. The van der Waals surface area contributed by atoms with E-state index in [1.54, 1.807) is 0 Å². The molecule has 27 heavy (non-hydrogen) atoms. The average Bonchev–Trinajstić information content (AvgIpc) is 2.62. The summed E-state index contributed by atoms with van der Waals surface area (Å²) in [6, 6.07) is 0. The molecular weight excluding hydrogens is 356 g/mol. The molecule has 4 nitrogen and oxygen atoms in total. The first-order valence-electron chi connectivity index (χ1n) is 11.6. The Hall–Kier alpha value is -0.130. The molecule has 5 heteroatoms. The lowest BCUT2D eigenvalue weighted by Crippen LogP contribution is -2.32. The van der Waals surface area contributed by atoms with Crippen molar-refractivity contribution in [2.24, 2.45) is 0 Å². The second kappa shape index (κ2) is 19.2. The van der Waals surface area contributed by atoms with Gasteiger partial charge < -0.3 is 4.90 Å². The first kappa shape index (κ1) is 26.9. The molecule has 1 N–H and O–H groups in total. The molecule has 0 aliphatic rings. The maximum absolute atomic E-state index is 11.8. The van der Waals surface area contributed by atoms with Gasteiger partial charge in [-0.05, 0) is 20.5 Å². The van der Waals surface area contributed by atoms with Gasteiger partial charge in [0.1, 0.15) is 0 Å². The van der Waals surface area contributed by atoms with Gasteiger partial charge in [0.25, 0.3) is 0 Å². The largest absolute Gasteiger partial charge is 0.308 e. The zero-order valence-electron chi connectivity index (χ0n) is 18.6. The monoisotopic (exact) mass is 404 g/mol. The molecule has 0 saturated carbocycles. The van der Waals surface area contributed by atoms with Gasteiger partial charge >= 0.3 is 0 Å². The van der Waals surface area contributed by atoms with Gasteiger partial charge in [0.2, 0.25) is 10.0 Å². The molecule has 0 rings (SSSR count). The summed E-state index contributed by atoms with van der Waals surface area (Å²) in [5.74, 6) is 0.193. The molecule has 0 aromatic carbocycles. The number of rotatable bonds is 21. The molecule has 0 unspecified atom stereocenters. The molecule has 164 valence electrons. The van der Waals surface area contributed by atoms with Gasteiger partial charge in [-0.15, -0.1) is 0 Å². The van der Waals surface area contributed by atoms with Crippen molar-refractivity contribution in [3.8, 4) is 0 Å². The molecule has 0 fully saturated rings. The Bertz CT molecular complexity index is 397. The topological polar surface area (TPSA) is 49.4 Å². The lowest BCUT2D eigenvalue weighted by molar-refractivity contribution is 0.431. The maximum Gasteiger partial charge on any atom is 0.212 e. The molecule has 0 heterocycles. The van der Waals surface area contributed by atoms with Gasteiger partial charge in [-0.2, -0.15) is 0 Å². The van der Waals surface area contributed by atoms with E-state index in [1.165, 1.54) is 89.9 Å². The Balaban J connectivity index is 3.21. The van der Waals surface area contributed by atoms with Crippen molar-refractivity contribution >= 4 is 10.0 Å². The molecule has 0 aliphatic heterocycles. The van der Waals surface area contributed by atoms with E-state index in [0.717, 1.165) is 12.8 Å². The molecule has 0 aliphatic carbocycles. The lowest BCUT2D eigenvalue weighted by atomic mass is 10.0. The standard InChI is InChI=1S/C22H48N2O2S/c1-4-5-6-7-8-9-10-11-12-13-14-15-16-17-18-19-20-23-27(25,26)22-21-24(2)3/h23H,4-22H2,1-3H3. The molecule has 0 bridgehead atoms. The zero-order valence-corrected chi connectivity index (χ0v) is 19.4. The van der Waals surface area contributed by atoms with Crippen LogP contribution in [0.15, 0.2) is 0 Å². The quantitative estimate of drug-likeness (QED) is 0.249. The van der Waals surface area contributed by atoms with Gasteiger partial charge in [-0.1, -0.05) is 103 Å². The summed E-state index contributed by atoms with van der Waals surface area (Å²) in [6.07, 6.45) is 21.5. The van der Waals surface area contributed by atoms with Crippen LogP contribution in [-0.4, -0.2) is 46.3 Å². The number of nitrogens with one attached hydrogen (secondary N) is 1. The van der Waals surface area contributed by atoms with Gasteiger partial charge in [-0.3, -0.25) is 0 Å². The number of unbranched alkanes of at least 4 members (excludes halogenated alkanes) is 15. The number of sulfonamides is 1. The number of hydrogen-bond donors (Lipinski definition) is 1. The van der Waals surface area contributed by atoms with Crippen molar-refractivity contribution in [2.75, 3.05) is 32.9 Å². The fourth-order valence-corrected chi connectivity index (χ4v) is 4.48. The van der Waals surface area contributed by atoms with E-state index in [9.17, 15) is 8.42 Å². The van der Waals surface area contributed by atoms with Crippen LogP contribution in [0.5, 0.6) is 0 Å². The summed E-state index contributed by atoms with van der Waals surface area (Å²) < 4.78 is 26.2. The highest BCUT2D eigenvalue weighted by Crippen LogP contribution is 2.13. The van der Waals surface area contributed by atoms with E-state index in [0.29, 0.717) is 13.1 Å². The third-order valence-electron chi connectivity index (χ3n) is 5.16. The minimum Gasteiger partial charge on any atom is -0.308 e. The highest BCUT2D eigenvalue weighted by Gasteiger charge is 2.09. The Labute approximate surface area is 170 Å². The molecule has 0 saturated heterocycles. The van der Waals surface area contributed by atoms with Crippen LogP contribution in [0.2, 0.25) is 0 Å². The van der Waals surface area contributed by atoms with Crippen LogP contribution in [0.4, 0.5) is 0 Å². The second-order valence-corrected chi connectivity index (χ2v) is 10.2. The van der Waals surface area contributed by atoms with E-state index in [2.05, 4.69) is 11.6 Å². The van der Waals surface area contributed by atoms with Crippen LogP contribution >= 0.6 is 0 Å². The van der Waals surface area contributed by atoms with Gasteiger partial charge in [0.05, 0.1) is 5.75 Å². The smallest absolute Gasteiger partial charge is 0.212 e. The Morgan fingerprint density at radius 1 is 0.630 bits per heavy atom. The summed E-state index contributed by atoms with van der Waals surface area (Å²) >= 11 is 0. The van der Waals surface area contributed by atoms with Gasteiger partial charge in [0.15, 0.2) is 0 Å². The van der Waals surface area contributed by atoms with Gasteiger partial charge in [-0.25, -0.2) is 13.1 Å². The van der Waals surface area contributed by atoms with E-state index >= 15 is 0 Å². The average molecular weight is 405 g/mol. The first-order valence-corrected chi connectivity index (χ1v) is 13.2. The Morgan fingerprint density at radius 3 is 1.37 bits per heavy atom. The van der Waals surface area contributed by atoms with Gasteiger partial charge in [0, 0.05) is 13.1 Å². The maximum atomic E-state index is 11.8. The van der Waals surface area contributed by atoms with Crippen molar-refractivity contribution in [1.82, 2.24) is 9.62 Å². The SMILES string of the molecule is CCCCCCCCCCCCCCCCCCNS(=O)(=O)CCN(C)C.